The number of aromatic amines is 1. The van der Waals surface area contributed by atoms with Gasteiger partial charge in [0.1, 0.15) is 5.69 Å². The first-order chi connectivity index (χ1) is 12.4. The van der Waals surface area contributed by atoms with Crippen LogP contribution in [0.5, 0.6) is 0 Å². The van der Waals surface area contributed by atoms with Crippen molar-refractivity contribution >= 4 is 15.9 Å². The van der Waals surface area contributed by atoms with Gasteiger partial charge in [-0.15, -0.1) is 0 Å². The third-order valence-electron chi connectivity index (χ3n) is 4.05. The van der Waals surface area contributed by atoms with Crippen LogP contribution in [0.2, 0.25) is 0 Å². The molecule has 0 bridgehead atoms. The molecule has 10 heteroatoms. The van der Waals surface area contributed by atoms with Crippen LogP contribution in [-0.4, -0.2) is 59.9 Å². The minimum atomic E-state index is -3.68. The molecular weight excluding hydrogens is 358 g/mol. The molecule has 0 radical (unpaired) electrons. The lowest BCUT2D eigenvalue weighted by atomic mass is 10.2. The smallest absolute Gasteiger partial charge is 0.274 e. The molecule has 0 unspecified atom stereocenters. The SMILES string of the molecule is N#Cc1ccc(S(=O)(=O)N2CCN(C(=O)c3ccc(=O)[nH]n3)CC2)cc1. The Kier molecular flexibility index (Phi) is 4.83. The van der Waals surface area contributed by atoms with E-state index in [-0.39, 0.29) is 42.7 Å². The number of nitrogens with zero attached hydrogens (tertiary/aromatic N) is 4. The van der Waals surface area contributed by atoms with Crippen molar-refractivity contribution in [1.82, 2.24) is 19.4 Å². The summed E-state index contributed by atoms with van der Waals surface area (Å²) in [6, 6.07) is 10.2. The van der Waals surface area contributed by atoms with E-state index in [0.29, 0.717) is 5.56 Å². The quantitative estimate of drug-likeness (QED) is 0.793. The highest BCUT2D eigenvalue weighted by Gasteiger charge is 2.30. The van der Waals surface area contributed by atoms with E-state index in [9.17, 15) is 18.0 Å². The number of sulfonamides is 1. The highest BCUT2D eigenvalue weighted by Crippen LogP contribution is 2.18. The molecule has 3 rings (SSSR count). The fraction of sp³-hybridized carbons (Fsp3) is 0.250. The first kappa shape index (κ1) is 17.8. The van der Waals surface area contributed by atoms with E-state index in [4.69, 9.17) is 5.26 Å². The van der Waals surface area contributed by atoms with E-state index in [1.165, 1.54) is 45.6 Å². The standard InChI is InChI=1S/C16H15N5O4S/c17-11-12-1-3-13(4-2-12)26(24,25)21-9-7-20(8-10-21)16(23)14-5-6-15(22)19-18-14/h1-6H,7-10H2,(H,19,22). The molecule has 1 aliphatic heterocycles. The van der Waals surface area contributed by atoms with Crippen LogP contribution in [0, 0.1) is 11.3 Å². The first-order valence-corrected chi connectivity index (χ1v) is 9.21. The summed E-state index contributed by atoms with van der Waals surface area (Å²) in [6.45, 7) is 0.735. The maximum atomic E-state index is 12.7. The van der Waals surface area contributed by atoms with Crippen molar-refractivity contribution in [2.75, 3.05) is 26.2 Å². The van der Waals surface area contributed by atoms with Crippen LogP contribution in [0.15, 0.2) is 46.1 Å². The number of amides is 1. The van der Waals surface area contributed by atoms with Crippen LogP contribution in [-0.2, 0) is 10.0 Å². The number of H-pyrrole nitrogens is 1. The maximum Gasteiger partial charge on any atom is 0.274 e. The predicted octanol–water partition coefficient (Wildman–Crippen LogP) is -0.212. The molecule has 1 aromatic carbocycles. The topological polar surface area (TPSA) is 127 Å². The Morgan fingerprint density at radius 1 is 1.08 bits per heavy atom. The zero-order chi connectivity index (χ0) is 18.7. The first-order valence-electron chi connectivity index (χ1n) is 7.77. The molecule has 1 N–H and O–H groups in total. The van der Waals surface area contributed by atoms with Crippen molar-refractivity contribution in [3.05, 3.63) is 58.0 Å². The average molecular weight is 373 g/mol. The summed E-state index contributed by atoms with van der Waals surface area (Å²) in [6.07, 6.45) is 0. The van der Waals surface area contributed by atoms with Gasteiger partial charge >= 0.3 is 0 Å². The zero-order valence-corrected chi connectivity index (χ0v) is 14.4. The lowest BCUT2D eigenvalue weighted by Gasteiger charge is -2.33. The molecule has 0 spiro atoms. The predicted molar refractivity (Wildman–Crippen MR) is 90.7 cm³/mol. The number of benzene rings is 1. The van der Waals surface area contributed by atoms with Crippen LogP contribution >= 0.6 is 0 Å². The molecule has 2 heterocycles. The van der Waals surface area contributed by atoms with Crippen molar-refractivity contribution in [3.8, 4) is 6.07 Å². The van der Waals surface area contributed by atoms with Gasteiger partial charge in [0, 0.05) is 32.2 Å². The van der Waals surface area contributed by atoms with Crippen LogP contribution in [0.4, 0.5) is 0 Å². The number of nitriles is 1. The number of rotatable bonds is 3. The Labute approximate surface area is 149 Å². The molecule has 134 valence electrons. The summed E-state index contributed by atoms with van der Waals surface area (Å²) in [5.41, 5.74) is 0.0839. The van der Waals surface area contributed by atoms with Gasteiger partial charge in [-0.3, -0.25) is 9.59 Å². The van der Waals surface area contributed by atoms with Gasteiger partial charge < -0.3 is 4.90 Å². The number of hydrogen-bond donors (Lipinski definition) is 1. The van der Waals surface area contributed by atoms with Gasteiger partial charge in [-0.25, -0.2) is 13.5 Å². The second-order valence-corrected chi connectivity index (χ2v) is 7.58. The highest BCUT2D eigenvalue weighted by molar-refractivity contribution is 7.89. The Morgan fingerprint density at radius 3 is 2.27 bits per heavy atom. The van der Waals surface area contributed by atoms with Gasteiger partial charge in [0.25, 0.3) is 11.5 Å². The van der Waals surface area contributed by atoms with E-state index in [1.54, 1.807) is 0 Å². The van der Waals surface area contributed by atoms with Crippen LogP contribution in [0.3, 0.4) is 0 Å². The third-order valence-corrected chi connectivity index (χ3v) is 5.96. The minimum absolute atomic E-state index is 0.105. The Bertz CT molecular complexity index is 995. The zero-order valence-electron chi connectivity index (χ0n) is 13.6. The Morgan fingerprint density at radius 2 is 1.73 bits per heavy atom. The van der Waals surface area contributed by atoms with Crippen LogP contribution < -0.4 is 5.56 Å². The lowest BCUT2D eigenvalue weighted by molar-refractivity contribution is 0.0690. The van der Waals surface area contributed by atoms with E-state index in [2.05, 4.69) is 10.2 Å². The molecule has 2 aromatic rings. The normalized spacial score (nSPS) is 15.4. The number of hydrogen-bond acceptors (Lipinski definition) is 6. The molecule has 0 atom stereocenters. The second kappa shape index (κ2) is 7.07. The molecule has 1 aromatic heterocycles. The molecule has 1 saturated heterocycles. The van der Waals surface area contributed by atoms with Crippen molar-refractivity contribution in [3.63, 3.8) is 0 Å². The number of aromatic nitrogens is 2. The van der Waals surface area contributed by atoms with Crippen LogP contribution in [0.25, 0.3) is 0 Å². The summed E-state index contributed by atoms with van der Waals surface area (Å²) in [4.78, 5) is 25.0. The maximum absolute atomic E-state index is 12.7. The molecule has 9 nitrogen and oxygen atoms in total. The Hall–Kier alpha value is -3.03. The van der Waals surface area contributed by atoms with E-state index in [0.717, 1.165) is 0 Å². The second-order valence-electron chi connectivity index (χ2n) is 5.64. The number of nitrogens with one attached hydrogen (secondary N) is 1. The van der Waals surface area contributed by atoms with Crippen molar-refractivity contribution in [2.24, 2.45) is 0 Å². The fourth-order valence-corrected chi connectivity index (χ4v) is 4.03. The summed E-state index contributed by atoms with van der Waals surface area (Å²) < 4.78 is 26.6. The average Bonchev–Trinajstić information content (AvgIpc) is 2.68. The van der Waals surface area contributed by atoms with Crippen molar-refractivity contribution < 1.29 is 13.2 Å². The molecule has 0 aliphatic carbocycles. The summed E-state index contributed by atoms with van der Waals surface area (Å²) in [7, 11) is -3.68. The molecule has 1 fully saturated rings. The largest absolute Gasteiger partial charge is 0.335 e. The summed E-state index contributed by atoms with van der Waals surface area (Å²) >= 11 is 0. The van der Waals surface area contributed by atoms with Crippen LogP contribution in [0.1, 0.15) is 16.1 Å². The van der Waals surface area contributed by atoms with Crippen molar-refractivity contribution in [2.45, 2.75) is 4.90 Å². The van der Waals surface area contributed by atoms with Gasteiger partial charge in [0.2, 0.25) is 10.0 Å². The molecule has 0 saturated carbocycles. The molecular formula is C16H15N5O4S. The van der Waals surface area contributed by atoms with Gasteiger partial charge in [0.15, 0.2) is 0 Å². The van der Waals surface area contributed by atoms with Gasteiger partial charge in [-0.1, -0.05) is 0 Å². The van der Waals surface area contributed by atoms with Gasteiger partial charge in [-0.2, -0.15) is 14.7 Å². The van der Waals surface area contributed by atoms with E-state index >= 15 is 0 Å². The molecule has 1 amide bonds. The number of carbonyl (C=O) groups excluding carboxylic acids is 1. The van der Waals surface area contributed by atoms with E-state index < -0.39 is 15.6 Å². The third kappa shape index (κ3) is 3.49. The summed E-state index contributed by atoms with van der Waals surface area (Å²) in [5, 5.41) is 14.7. The van der Waals surface area contributed by atoms with Gasteiger partial charge in [0.05, 0.1) is 16.5 Å². The Balaban J connectivity index is 1.69. The van der Waals surface area contributed by atoms with E-state index in [1.807, 2.05) is 6.07 Å². The number of piperazine rings is 1. The monoisotopic (exact) mass is 373 g/mol. The fourth-order valence-electron chi connectivity index (χ4n) is 2.61. The molecule has 26 heavy (non-hydrogen) atoms. The van der Waals surface area contributed by atoms with Gasteiger partial charge in [-0.05, 0) is 30.3 Å². The minimum Gasteiger partial charge on any atom is -0.335 e. The molecule has 1 aliphatic rings. The summed E-state index contributed by atoms with van der Waals surface area (Å²) in [5.74, 6) is -0.364. The number of carbonyl (C=O) groups is 1. The highest BCUT2D eigenvalue weighted by atomic mass is 32.2. The van der Waals surface area contributed by atoms with Crippen molar-refractivity contribution in [1.29, 1.82) is 5.26 Å². The lowest BCUT2D eigenvalue weighted by Crippen LogP contribution is -2.50.